The summed E-state index contributed by atoms with van der Waals surface area (Å²) in [6.07, 6.45) is 0.510. The van der Waals surface area contributed by atoms with E-state index in [0.29, 0.717) is 12.0 Å². The monoisotopic (exact) mass is 265 g/mol. The molecule has 3 nitrogen and oxygen atoms in total. The smallest absolute Gasteiger partial charge is 0.249 e. The minimum atomic E-state index is -0.433. The standard InChI is InChI=1S/C17H15NO2/c18-17(20)16-14-7-2-1-4-12(14)10-13-6-3-5-11(8-9-19)15(13)16/h1-7,10,19H,8-9H2,(H2,18,20). The van der Waals surface area contributed by atoms with Crippen molar-refractivity contribution in [2.45, 2.75) is 6.42 Å². The Hall–Kier alpha value is -2.39. The second-order valence-electron chi connectivity index (χ2n) is 4.83. The van der Waals surface area contributed by atoms with Crippen molar-refractivity contribution in [3.63, 3.8) is 0 Å². The van der Waals surface area contributed by atoms with E-state index in [1.165, 1.54) is 0 Å². The molecule has 3 aromatic carbocycles. The molecule has 1 amide bonds. The largest absolute Gasteiger partial charge is 0.396 e. The van der Waals surface area contributed by atoms with Crippen LogP contribution in [-0.4, -0.2) is 17.6 Å². The molecule has 0 aliphatic heterocycles. The van der Waals surface area contributed by atoms with Gasteiger partial charge in [0.2, 0.25) is 5.91 Å². The Morgan fingerprint density at radius 1 is 1.05 bits per heavy atom. The zero-order chi connectivity index (χ0) is 14.1. The number of nitrogens with two attached hydrogens (primary N) is 1. The summed E-state index contributed by atoms with van der Waals surface area (Å²) in [6.45, 7) is 0.0458. The molecular formula is C17H15NO2. The highest BCUT2D eigenvalue weighted by Gasteiger charge is 2.14. The molecule has 0 aromatic heterocycles. The molecule has 100 valence electrons. The van der Waals surface area contributed by atoms with E-state index in [1.807, 2.05) is 42.5 Å². The molecule has 20 heavy (non-hydrogen) atoms. The maximum atomic E-state index is 11.9. The molecule has 3 heteroatoms. The summed E-state index contributed by atoms with van der Waals surface area (Å²) in [7, 11) is 0. The molecule has 0 fully saturated rings. The molecule has 0 aliphatic carbocycles. The van der Waals surface area contributed by atoms with Crippen molar-refractivity contribution >= 4 is 27.5 Å². The van der Waals surface area contributed by atoms with Gasteiger partial charge < -0.3 is 10.8 Å². The number of primary amides is 1. The highest BCUT2D eigenvalue weighted by Crippen LogP contribution is 2.30. The lowest BCUT2D eigenvalue weighted by molar-refractivity contribution is 0.100. The fraction of sp³-hybridized carbons (Fsp3) is 0.118. The number of hydrogen-bond donors (Lipinski definition) is 2. The number of aliphatic hydroxyl groups excluding tert-OH is 1. The fourth-order valence-corrected chi connectivity index (χ4v) is 2.78. The lowest BCUT2D eigenvalue weighted by Crippen LogP contribution is -2.13. The van der Waals surface area contributed by atoms with Crippen LogP contribution in [0.5, 0.6) is 0 Å². The molecule has 0 unspecified atom stereocenters. The first-order valence-corrected chi connectivity index (χ1v) is 6.56. The Balaban J connectivity index is 2.52. The van der Waals surface area contributed by atoms with Crippen LogP contribution in [0.3, 0.4) is 0 Å². The number of carbonyl (C=O) groups is 1. The van der Waals surface area contributed by atoms with Gasteiger partial charge in [0.25, 0.3) is 0 Å². The van der Waals surface area contributed by atoms with Crippen LogP contribution in [0.25, 0.3) is 21.5 Å². The number of amides is 1. The van der Waals surface area contributed by atoms with E-state index in [1.54, 1.807) is 0 Å². The number of hydrogen-bond acceptors (Lipinski definition) is 2. The van der Waals surface area contributed by atoms with E-state index in [0.717, 1.165) is 27.1 Å². The van der Waals surface area contributed by atoms with Crippen molar-refractivity contribution < 1.29 is 9.90 Å². The second-order valence-corrected chi connectivity index (χ2v) is 4.83. The van der Waals surface area contributed by atoms with E-state index in [9.17, 15) is 9.90 Å². The molecule has 0 saturated carbocycles. The highest BCUT2D eigenvalue weighted by atomic mass is 16.2. The van der Waals surface area contributed by atoms with Gasteiger partial charge in [0, 0.05) is 6.61 Å². The Morgan fingerprint density at radius 2 is 1.80 bits per heavy atom. The van der Waals surface area contributed by atoms with Crippen molar-refractivity contribution in [3.8, 4) is 0 Å². The van der Waals surface area contributed by atoms with Gasteiger partial charge in [-0.25, -0.2) is 0 Å². The topological polar surface area (TPSA) is 63.3 Å². The number of rotatable bonds is 3. The minimum absolute atomic E-state index is 0.0458. The maximum absolute atomic E-state index is 11.9. The summed E-state index contributed by atoms with van der Waals surface area (Å²) in [5.74, 6) is -0.433. The summed E-state index contributed by atoms with van der Waals surface area (Å²) in [6, 6.07) is 15.6. The van der Waals surface area contributed by atoms with Crippen molar-refractivity contribution in [2.24, 2.45) is 5.73 Å². The van der Waals surface area contributed by atoms with Crippen LogP contribution in [0.4, 0.5) is 0 Å². The molecule has 0 heterocycles. The molecule has 0 atom stereocenters. The van der Waals surface area contributed by atoms with E-state index in [2.05, 4.69) is 6.07 Å². The molecule has 0 bridgehead atoms. The van der Waals surface area contributed by atoms with Gasteiger partial charge in [0.1, 0.15) is 0 Å². The van der Waals surface area contributed by atoms with Crippen LogP contribution in [0, 0.1) is 0 Å². The zero-order valence-electron chi connectivity index (χ0n) is 11.0. The predicted octanol–water partition coefficient (Wildman–Crippen LogP) is 2.63. The second kappa shape index (κ2) is 4.94. The van der Waals surface area contributed by atoms with Crippen LogP contribution in [0.1, 0.15) is 15.9 Å². The Morgan fingerprint density at radius 3 is 2.55 bits per heavy atom. The number of aliphatic hydroxyl groups is 1. The van der Waals surface area contributed by atoms with Gasteiger partial charge in [-0.2, -0.15) is 0 Å². The third-order valence-corrected chi connectivity index (χ3v) is 3.60. The average molecular weight is 265 g/mol. The normalized spacial score (nSPS) is 11.1. The van der Waals surface area contributed by atoms with Crippen molar-refractivity contribution in [3.05, 3.63) is 59.7 Å². The third kappa shape index (κ3) is 1.92. The molecule has 0 aliphatic rings. The van der Waals surface area contributed by atoms with E-state index >= 15 is 0 Å². The van der Waals surface area contributed by atoms with Crippen LogP contribution in [0.15, 0.2) is 48.5 Å². The van der Waals surface area contributed by atoms with E-state index < -0.39 is 5.91 Å². The SMILES string of the molecule is NC(=O)c1c2ccccc2cc2cccc(CCO)c12. The Labute approximate surface area is 116 Å². The first kappa shape index (κ1) is 12.6. The van der Waals surface area contributed by atoms with Crippen LogP contribution >= 0.6 is 0 Å². The molecule has 3 aromatic rings. The predicted molar refractivity (Wildman–Crippen MR) is 80.8 cm³/mol. The summed E-state index contributed by atoms with van der Waals surface area (Å²) in [5, 5.41) is 12.9. The summed E-state index contributed by atoms with van der Waals surface area (Å²) in [4.78, 5) is 11.9. The first-order chi connectivity index (χ1) is 9.72. The molecule has 0 spiro atoms. The fourth-order valence-electron chi connectivity index (χ4n) is 2.78. The summed E-state index contributed by atoms with van der Waals surface area (Å²) in [5.41, 5.74) is 7.10. The summed E-state index contributed by atoms with van der Waals surface area (Å²) >= 11 is 0. The lowest BCUT2D eigenvalue weighted by Gasteiger charge is -2.12. The highest BCUT2D eigenvalue weighted by molar-refractivity contribution is 6.18. The number of benzene rings is 3. The quantitative estimate of drug-likeness (QED) is 0.715. The van der Waals surface area contributed by atoms with Gasteiger partial charge in [-0.3, -0.25) is 4.79 Å². The number of fused-ring (bicyclic) bond motifs is 2. The van der Waals surface area contributed by atoms with Gasteiger partial charge in [-0.05, 0) is 39.6 Å². The zero-order valence-corrected chi connectivity index (χ0v) is 11.0. The van der Waals surface area contributed by atoms with Gasteiger partial charge >= 0.3 is 0 Å². The van der Waals surface area contributed by atoms with Gasteiger partial charge in [0.05, 0.1) is 5.56 Å². The van der Waals surface area contributed by atoms with Crippen molar-refractivity contribution in [1.82, 2.24) is 0 Å². The minimum Gasteiger partial charge on any atom is -0.396 e. The maximum Gasteiger partial charge on any atom is 0.249 e. The molecular weight excluding hydrogens is 250 g/mol. The van der Waals surface area contributed by atoms with Gasteiger partial charge in [-0.15, -0.1) is 0 Å². The Kier molecular flexibility index (Phi) is 3.12. The van der Waals surface area contributed by atoms with Gasteiger partial charge in [0.15, 0.2) is 0 Å². The molecule has 3 rings (SSSR count). The van der Waals surface area contributed by atoms with Crippen LogP contribution < -0.4 is 5.73 Å². The average Bonchev–Trinajstić information content (AvgIpc) is 2.45. The first-order valence-electron chi connectivity index (χ1n) is 6.56. The van der Waals surface area contributed by atoms with Crippen molar-refractivity contribution in [1.29, 1.82) is 0 Å². The molecule has 0 saturated heterocycles. The van der Waals surface area contributed by atoms with Crippen molar-refractivity contribution in [2.75, 3.05) is 6.61 Å². The Bertz CT molecular complexity index is 809. The lowest BCUT2D eigenvalue weighted by atomic mass is 9.92. The number of carbonyl (C=O) groups excluding carboxylic acids is 1. The van der Waals surface area contributed by atoms with E-state index in [-0.39, 0.29) is 6.61 Å². The molecule has 3 N–H and O–H groups in total. The van der Waals surface area contributed by atoms with Crippen LogP contribution in [0.2, 0.25) is 0 Å². The summed E-state index contributed by atoms with van der Waals surface area (Å²) < 4.78 is 0. The van der Waals surface area contributed by atoms with Crippen LogP contribution in [-0.2, 0) is 6.42 Å². The van der Waals surface area contributed by atoms with Gasteiger partial charge in [-0.1, -0.05) is 42.5 Å². The third-order valence-electron chi connectivity index (χ3n) is 3.60. The van der Waals surface area contributed by atoms with E-state index in [4.69, 9.17) is 5.73 Å². The molecule has 0 radical (unpaired) electrons.